The zero-order valence-corrected chi connectivity index (χ0v) is 13.7. The molecule has 2 rings (SSSR count). The predicted octanol–water partition coefficient (Wildman–Crippen LogP) is 2.94. The molecule has 9 heteroatoms. The number of hydrogen-bond donors (Lipinski definition) is 0. The van der Waals surface area contributed by atoms with Crippen LogP contribution in [0.4, 0.5) is 0 Å². The van der Waals surface area contributed by atoms with Gasteiger partial charge in [-0.05, 0) is 24.6 Å². The van der Waals surface area contributed by atoms with Gasteiger partial charge in [0.1, 0.15) is 5.75 Å². The molecule has 0 amide bonds. The van der Waals surface area contributed by atoms with Gasteiger partial charge in [-0.25, -0.2) is 8.42 Å². The zero-order valence-electron chi connectivity index (χ0n) is 11.4. The normalized spacial score (nSPS) is 11.6. The molecule has 0 saturated heterocycles. The lowest BCUT2D eigenvalue weighted by atomic mass is 10.2. The molecule has 0 fully saturated rings. The van der Waals surface area contributed by atoms with E-state index < -0.39 is 9.05 Å². The minimum Gasteiger partial charge on any atom is -0.496 e. The number of benzene rings is 1. The fourth-order valence-electron chi connectivity index (χ4n) is 1.94. The van der Waals surface area contributed by atoms with E-state index in [-0.39, 0.29) is 5.16 Å². The van der Waals surface area contributed by atoms with Gasteiger partial charge in [0.2, 0.25) is 0 Å². The fourth-order valence-corrected chi connectivity index (χ4v) is 3.03. The third kappa shape index (κ3) is 3.30. The maximum Gasteiger partial charge on any atom is 0.296 e. The predicted molar refractivity (Wildman–Crippen MR) is 80.3 cm³/mol. The summed E-state index contributed by atoms with van der Waals surface area (Å²) in [6, 6.07) is 4.98. The van der Waals surface area contributed by atoms with Crippen LogP contribution in [0.2, 0.25) is 5.02 Å². The quantitative estimate of drug-likeness (QED) is 0.775. The third-order valence-corrected chi connectivity index (χ3v) is 4.17. The van der Waals surface area contributed by atoms with E-state index in [1.54, 1.807) is 18.2 Å². The lowest BCUT2D eigenvalue weighted by molar-refractivity contribution is 0.415. The number of nitrogens with zero attached hydrogens (tertiary/aromatic N) is 3. The van der Waals surface area contributed by atoms with Crippen LogP contribution >= 0.6 is 22.3 Å². The molecule has 1 heterocycles. The van der Waals surface area contributed by atoms with Crippen molar-refractivity contribution in [1.29, 1.82) is 0 Å². The van der Waals surface area contributed by atoms with Gasteiger partial charge in [0.15, 0.2) is 5.82 Å². The van der Waals surface area contributed by atoms with Crippen LogP contribution < -0.4 is 4.74 Å². The Hall–Kier alpha value is -1.31. The van der Waals surface area contributed by atoms with E-state index in [1.807, 2.05) is 6.92 Å². The smallest absolute Gasteiger partial charge is 0.296 e. The van der Waals surface area contributed by atoms with Crippen LogP contribution in [-0.2, 0) is 15.6 Å². The van der Waals surface area contributed by atoms with E-state index in [1.165, 1.54) is 11.7 Å². The van der Waals surface area contributed by atoms with Gasteiger partial charge in [0.05, 0.1) is 12.7 Å². The number of aromatic nitrogens is 3. The zero-order chi connectivity index (χ0) is 15.6. The van der Waals surface area contributed by atoms with Gasteiger partial charge in [-0.15, -0.1) is 10.2 Å². The molecule has 0 aliphatic carbocycles. The second kappa shape index (κ2) is 6.21. The summed E-state index contributed by atoms with van der Waals surface area (Å²) in [6.07, 6.45) is 0.695. The average Bonchev–Trinajstić information content (AvgIpc) is 2.82. The Kier molecular flexibility index (Phi) is 4.75. The molecule has 0 radical (unpaired) electrons. The highest BCUT2D eigenvalue weighted by Crippen LogP contribution is 2.32. The maximum absolute atomic E-state index is 11.6. The summed E-state index contributed by atoms with van der Waals surface area (Å²) in [5.41, 5.74) is 0.592. The summed E-state index contributed by atoms with van der Waals surface area (Å²) in [5, 5.41) is 7.84. The average molecular weight is 350 g/mol. The van der Waals surface area contributed by atoms with Crippen LogP contribution in [0.5, 0.6) is 5.75 Å². The van der Waals surface area contributed by atoms with Crippen molar-refractivity contribution in [3.63, 3.8) is 0 Å². The first-order chi connectivity index (χ1) is 9.88. The van der Waals surface area contributed by atoms with Crippen LogP contribution in [0.25, 0.3) is 11.4 Å². The van der Waals surface area contributed by atoms with Gasteiger partial charge in [0, 0.05) is 22.2 Å². The first-order valence-corrected chi connectivity index (χ1v) is 8.79. The van der Waals surface area contributed by atoms with Gasteiger partial charge in [-0.2, -0.15) is 0 Å². The molecular weight excluding hydrogens is 337 g/mol. The van der Waals surface area contributed by atoms with E-state index in [0.29, 0.717) is 35.1 Å². The first kappa shape index (κ1) is 16.1. The van der Waals surface area contributed by atoms with Gasteiger partial charge in [-0.1, -0.05) is 18.5 Å². The van der Waals surface area contributed by atoms with Crippen molar-refractivity contribution in [2.24, 2.45) is 0 Å². The van der Waals surface area contributed by atoms with Crippen LogP contribution in [0.3, 0.4) is 0 Å². The number of hydrogen-bond acceptors (Lipinski definition) is 5. The van der Waals surface area contributed by atoms with Gasteiger partial charge >= 0.3 is 0 Å². The lowest BCUT2D eigenvalue weighted by Gasteiger charge is -2.11. The molecule has 2 aromatic rings. The number of halogens is 2. The van der Waals surface area contributed by atoms with E-state index in [2.05, 4.69) is 10.2 Å². The Morgan fingerprint density at radius 2 is 2.05 bits per heavy atom. The lowest BCUT2D eigenvalue weighted by Crippen LogP contribution is -2.08. The van der Waals surface area contributed by atoms with Crippen molar-refractivity contribution >= 4 is 31.3 Å². The molecule has 114 valence electrons. The number of ether oxygens (including phenoxy) is 1. The molecule has 0 atom stereocenters. The van der Waals surface area contributed by atoms with Gasteiger partial charge < -0.3 is 4.74 Å². The Morgan fingerprint density at radius 3 is 2.62 bits per heavy atom. The van der Waals surface area contributed by atoms with E-state index in [4.69, 9.17) is 27.0 Å². The summed E-state index contributed by atoms with van der Waals surface area (Å²) < 4.78 is 29.9. The summed E-state index contributed by atoms with van der Waals surface area (Å²) in [4.78, 5) is 0. The molecule has 0 aliphatic heterocycles. The van der Waals surface area contributed by atoms with Crippen molar-refractivity contribution in [3.05, 3.63) is 23.2 Å². The molecule has 0 spiro atoms. The Morgan fingerprint density at radius 1 is 1.33 bits per heavy atom. The van der Waals surface area contributed by atoms with E-state index in [9.17, 15) is 8.42 Å². The van der Waals surface area contributed by atoms with Crippen molar-refractivity contribution < 1.29 is 13.2 Å². The summed E-state index contributed by atoms with van der Waals surface area (Å²) in [7, 11) is 2.91. The third-order valence-electron chi connectivity index (χ3n) is 2.79. The standard InChI is InChI=1S/C12H13Cl2N3O3S/c1-3-6-17-11(15-16-12(17)21(14,18)19)9-5-4-8(13)7-10(9)20-2/h4-5,7H,3,6H2,1-2H3. The molecule has 0 aliphatic rings. The second-order valence-corrected chi connectivity index (χ2v) is 7.14. The van der Waals surface area contributed by atoms with Crippen LogP contribution in [0, 0.1) is 0 Å². The molecular formula is C12H13Cl2N3O3S. The SMILES string of the molecule is CCCn1c(-c2ccc(Cl)cc2OC)nnc1S(=O)(=O)Cl. The number of rotatable bonds is 5. The van der Waals surface area contributed by atoms with Crippen molar-refractivity contribution in [2.75, 3.05) is 7.11 Å². The highest BCUT2D eigenvalue weighted by molar-refractivity contribution is 8.13. The minimum absolute atomic E-state index is 0.280. The highest BCUT2D eigenvalue weighted by atomic mass is 35.7. The molecule has 1 aromatic heterocycles. The van der Waals surface area contributed by atoms with E-state index >= 15 is 0 Å². The largest absolute Gasteiger partial charge is 0.496 e. The second-order valence-electron chi connectivity index (χ2n) is 4.24. The monoisotopic (exact) mass is 349 g/mol. The molecule has 0 N–H and O–H groups in total. The first-order valence-electron chi connectivity index (χ1n) is 6.10. The maximum atomic E-state index is 11.6. The molecule has 6 nitrogen and oxygen atoms in total. The van der Waals surface area contributed by atoms with E-state index in [0.717, 1.165) is 0 Å². The number of methoxy groups -OCH3 is 1. The molecule has 0 bridgehead atoms. The minimum atomic E-state index is -3.98. The molecule has 0 saturated carbocycles. The summed E-state index contributed by atoms with van der Waals surface area (Å²) >= 11 is 5.92. The van der Waals surface area contributed by atoms with Gasteiger partial charge in [-0.3, -0.25) is 4.57 Å². The van der Waals surface area contributed by atoms with Crippen molar-refractivity contribution in [3.8, 4) is 17.1 Å². The molecule has 21 heavy (non-hydrogen) atoms. The Bertz CT molecular complexity index is 759. The molecule has 0 unspecified atom stereocenters. The summed E-state index contributed by atoms with van der Waals surface area (Å²) in [6.45, 7) is 2.32. The van der Waals surface area contributed by atoms with Crippen molar-refractivity contribution in [1.82, 2.24) is 14.8 Å². The molecule has 1 aromatic carbocycles. The van der Waals surface area contributed by atoms with Crippen LogP contribution in [0.15, 0.2) is 23.4 Å². The summed E-state index contributed by atoms with van der Waals surface area (Å²) in [5.74, 6) is 0.843. The Balaban J connectivity index is 2.67. The fraction of sp³-hybridized carbons (Fsp3) is 0.333. The van der Waals surface area contributed by atoms with Gasteiger partial charge in [0.25, 0.3) is 14.2 Å². The van der Waals surface area contributed by atoms with Crippen molar-refractivity contribution in [2.45, 2.75) is 25.0 Å². The highest BCUT2D eigenvalue weighted by Gasteiger charge is 2.24. The Labute approximate surface area is 132 Å². The van der Waals surface area contributed by atoms with Crippen LogP contribution in [-0.4, -0.2) is 30.3 Å². The van der Waals surface area contributed by atoms with Crippen LogP contribution in [0.1, 0.15) is 13.3 Å². The topological polar surface area (TPSA) is 74.1 Å².